The van der Waals surface area contributed by atoms with Crippen LogP contribution in [0.5, 0.6) is 0 Å². The molecule has 0 aromatic carbocycles. The summed E-state index contributed by atoms with van der Waals surface area (Å²) < 4.78 is 0. The number of carbonyl (C=O) groups is 1. The number of hydrogen-bond donors (Lipinski definition) is 2. The molecule has 2 rings (SSSR count). The number of amides is 1. The minimum Gasteiger partial charge on any atom is -0.355 e. The molecule has 1 heterocycles. The third kappa shape index (κ3) is 5.91. The molecular weight excluding hydrogens is 238 g/mol. The second-order valence-corrected chi connectivity index (χ2v) is 6.00. The Morgan fingerprint density at radius 1 is 1.11 bits per heavy atom. The van der Waals surface area contributed by atoms with E-state index >= 15 is 0 Å². The Labute approximate surface area is 117 Å². The zero-order chi connectivity index (χ0) is 13.3. The predicted octanol–water partition coefficient (Wildman–Crippen LogP) is 1.37. The standard InChI is InChI=1S/C15H29N3O/c19-15(13-14-5-3-1-2-4-6-14)17-9-12-18-10-7-16-8-11-18/h14,16H,1-13H2,(H,17,19). The molecule has 4 heteroatoms. The van der Waals surface area contributed by atoms with Crippen molar-refractivity contribution in [2.24, 2.45) is 5.92 Å². The molecule has 2 N–H and O–H groups in total. The molecule has 19 heavy (non-hydrogen) atoms. The van der Waals surface area contributed by atoms with Gasteiger partial charge in [0.25, 0.3) is 0 Å². The maximum absolute atomic E-state index is 11.9. The highest BCUT2D eigenvalue weighted by molar-refractivity contribution is 5.76. The van der Waals surface area contributed by atoms with Crippen LogP contribution in [0.25, 0.3) is 0 Å². The van der Waals surface area contributed by atoms with Crippen molar-refractivity contribution in [2.75, 3.05) is 39.3 Å². The molecule has 0 aromatic rings. The molecule has 4 nitrogen and oxygen atoms in total. The van der Waals surface area contributed by atoms with Crippen molar-refractivity contribution in [3.05, 3.63) is 0 Å². The molecule has 2 fully saturated rings. The number of nitrogens with one attached hydrogen (secondary N) is 2. The fourth-order valence-electron chi connectivity index (χ4n) is 3.19. The van der Waals surface area contributed by atoms with E-state index in [-0.39, 0.29) is 5.91 Å². The van der Waals surface area contributed by atoms with Crippen LogP contribution in [0.4, 0.5) is 0 Å². The van der Waals surface area contributed by atoms with Gasteiger partial charge in [-0.25, -0.2) is 0 Å². The molecule has 0 unspecified atom stereocenters. The van der Waals surface area contributed by atoms with Gasteiger partial charge in [0.05, 0.1) is 0 Å². The predicted molar refractivity (Wildman–Crippen MR) is 78.1 cm³/mol. The molecule has 0 atom stereocenters. The lowest BCUT2D eigenvalue weighted by atomic mass is 9.96. The highest BCUT2D eigenvalue weighted by Crippen LogP contribution is 2.25. The first-order valence-corrected chi connectivity index (χ1v) is 8.04. The summed E-state index contributed by atoms with van der Waals surface area (Å²) >= 11 is 0. The third-order valence-corrected chi connectivity index (χ3v) is 4.41. The first kappa shape index (κ1) is 14.8. The van der Waals surface area contributed by atoms with Crippen molar-refractivity contribution in [1.29, 1.82) is 0 Å². The summed E-state index contributed by atoms with van der Waals surface area (Å²) in [4.78, 5) is 14.3. The maximum atomic E-state index is 11.9. The van der Waals surface area contributed by atoms with E-state index in [0.29, 0.717) is 5.92 Å². The van der Waals surface area contributed by atoms with Gasteiger partial charge in [0.2, 0.25) is 5.91 Å². The zero-order valence-electron chi connectivity index (χ0n) is 12.1. The largest absolute Gasteiger partial charge is 0.355 e. The minimum atomic E-state index is 0.266. The zero-order valence-corrected chi connectivity index (χ0v) is 12.1. The molecule has 1 aliphatic carbocycles. The smallest absolute Gasteiger partial charge is 0.220 e. The van der Waals surface area contributed by atoms with E-state index in [2.05, 4.69) is 15.5 Å². The average molecular weight is 267 g/mol. The first-order chi connectivity index (χ1) is 9.34. The van der Waals surface area contributed by atoms with Crippen LogP contribution >= 0.6 is 0 Å². The van der Waals surface area contributed by atoms with Crippen molar-refractivity contribution < 1.29 is 4.79 Å². The number of hydrogen-bond acceptors (Lipinski definition) is 3. The Kier molecular flexibility index (Phi) is 6.65. The van der Waals surface area contributed by atoms with E-state index in [4.69, 9.17) is 0 Å². The summed E-state index contributed by atoms with van der Waals surface area (Å²) in [7, 11) is 0. The molecule has 1 amide bonds. The van der Waals surface area contributed by atoms with Gasteiger partial charge in [-0.05, 0) is 18.8 Å². The topological polar surface area (TPSA) is 44.4 Å². The minimum absolute atomic E-state index is 0.266. The molecular formula is C15H29N3O. The van der Waals surface area contributed by atoms with Gasteiger partial charge >= 0.3 is 0 Å². The van der Waals surface area contributed by atoms with E-state index in [1.54, 1.807) is 0 Å². The number of piperazine rings is 1. The van der Waals surface area contributed by atoms with Gasteiger partial charge in [-0.3, -0.25) is 9.69 Å². The lowest BCUT2D eigenvalue weighted by molar-refractivity contribution is -0.122. The van der Waals surface area contributed by atoms with Crippen LogP contribution in [0, 0.1) is 5.92 Å². The Bertz CT molecular complexity index is 256. The molecule has 0 bridgehead atoms. The molecule has 0 aromatic heterocycles. The van der Waals surface area contributed by atoms with Crippen LogP contribution in [-0.2, 0) is 4.79 Å². The van der Waals surface area contributed by atoms with Crippen molar-refractivity contribution in [3.8, 4) is 0 Å². The second kappa shape index (κ2) is 8.54. The fraction of sp³-hybridized carbons (Fsp3) is 0.933. The van der Waals surface area contributed by atoms with Crippen LogP contribution in [-0.4, -0.2) is 50.1 Å². The Morgan fingerprint density at radius 3 is 2.47 bits per heavy atom. The van der Waals surface area contributed by atoms with Crippen LogP contribution < -0.4 is 10.6 Å². The maximum Gasteiger partial charge on any atom is 0.220 e. The van der Waals surface area contributed by atoms with Crippen molar-refractivity contribution >= 4 is 5.91 Å². The van der Waals surface area contributed by atoms with Crippen molar-refractivity contribution in [1.82, 2.24) is 15.5 Å². The molecule has 1 saturated heterocycles. The lowest BCUT2D eigenvalue weighted by Crippen LogP contribution is -2.46. The van der Waals surface area contributed by atoms with Crippen molar-refractivity contribution in [2.45, 2.75) is 44.9 Å². The van der Waals surface area contributed by atoms with Gasteiger partial charge in [-0.1, -0.05) is 25.7 Å². The second-order valence-electron chi connectivity index (χ2n) is 6.00. The van der Waals surface area contributed by atoms with Gasteiger partial charge in [0.15, 0.2) is 0 Å². The van der Waals surface area contributed by atoms with Crippen LogP contribution in [0.2, 0.25) is 0 Å². The molecule has 110 valence electrons. The summed E-state index contributed by atoms with van der Waals surface area (Å²) in [5, 5.41) is 6.44. The van der Waals surface area contributed by atoms with Crippen LogP contribution in [0.3, 0.4) is 0 Å². The normalized spacial score (nSPS) is 22.9. The monoisotopic (exact) mass is 267 g/mol. The number of rotatable bonds is 5. The highest BCUT2D eigenvalue weighted by atomic mass is 16.1. The molecule has 0 radical (unpaired) electrons. The van der Waals surface area contributed by atoms with Crippen molar-refractivity contribution in [3.63, 3.8) is 0 Å². The quantitative estimate of drug-likeness (QED) is 0.740. The molecule has 1 aliphatic heterocycles. The SMILES string of the molecule is O=C(CC1CCCCCC1)NCCN1CCNCC1. The van der Waals surface area contributed by atoms with Gasteiger partial charge < -0.3 is 10.6 Å². The summed E-state index contributed by atoms with van der Waals surface area (Å²) in [6.07, 6.45) is 8.62. The summed E-state index contributed by atoms with van der Waals surface area (Å²) in [5.74, 6) is 0.906. The van der Waals surface area contributed by atoms with E-state index in [1.165, 1.54) is 38.5 Å². The number of nitrogens with zero attached hydrogens (tertiary/aromatic N) is 1. The van der Waals surface area contributed by atoms with Gasteiger partial charge in [0, 0.05) is 45.7 Å². The Morgan fingerprint density at radius 2 is 1.79 bits per heavy atom. The average Bonchev–Trinajstić information content (AvgIpc) is 2.68. The third-order valence-electron chi connectivity index (χ3n) is 4.41. The van der Waals surface area contributed by atoms with Crippen LogP contribution in [0.1, 0.15) is 44.9 Å². The van der Waals surface area contributed by atoms with E-state index < -0.39 is 0 Å². The highest BCUT2D eigenvalue weighted by Gasteiger charge is 2.16. The lowest BCUT2D eigenvalue weighted by Gasteiger charge is -2.27. The Hall–Kier alpha value is -0.610. The Balaban J connectivity index is 1.55. The van der Waals surface area contributed by atoms with E-state index in [9.17, 15) is 4.79 Å². The molecule has 0 spiro atoms. The molecule has 2 aliphatic rings. The fourth-order valence-corrected chi connectivity index (χ4v) is 3.19. The van der Waals surface area contributed by atoms with Crippen LogP contribution in [0.15, 0.2) is 0 Å². The molecule has 1 saturated carbocycles. The van der Waals surface area contributed by atoms with E-state index in [1.807, 2.05) is 0 Å². The summed E-state index contributed by atoms with van der Waals surface area (Å²) in [6, 6.07) is 0. The summed E-state index contributed by atoms with van der Waals surface area (Å²) in [6.45, 7) is 6.19. The van der Waals surface area contributed by atoms with Gasteiger partial charge in [0.1, 0.15) is 0 Å². The first-order valence-electron chi connectivity index (χ1n) is 8.04. The van der Waals surface area contributed by atoms with Gasteiger partial charge in [-0.15, -0.1) is 0 Å². The summed E-state index contributed by atoms with van der Waals surface area (Å²) in [5.41, 5.74) is 0. The van der Waals surface area contributed by atoms with E-state index in [0.717, 1.165) is 45.7 Å². The van der Waals surface area contributed by atoms with Gasteiger partial charge in [-0.2, -0.15) is 0 Å². The number of carbonyl (C=O) groups excluding carboxylic acids is 1.